The maximum atomic E-state index is 6.08. The van der Waals surface area contributed by atoms with Gasteiger partial charge in [-0.25, -0.2) is 4.98 Å². The number of benzene rings is 1. The zero-order chi connectivity index (χ0) is 16.5. The second-order valence-corrected chi connectivity index (χ2v) is 7.40. The smallest absolute Gasteiger partial charge is 0.0980 e. The summed E-state index contributed by atoms with van der Waals surface area (Å²) in [7, 11) is 0. The fourth-order valence-electron chi connectivity index (χ4n) is 2.47. The Kier molecular flexibility index (Phi) is 4.15. The molecule has 0 atom stereocenters. The third-order valence-corrected chi connectivity index (χ3v) is 5.15. The van der Waals surface area contributed by atoms with Crippen LogP contribution in [0.1, 0.15) is 0 Å². The van der Waals surface area contributed by atoms with Gasteiger partial charge in [0.05, 0.1) is 33.1 Å². The first kappa shape index (κ1) is 15.5. The first-order valence-electron chi connectivity index (χ1n) is 7.25. The molecule has 4 rings (SSSR count). The largest absolute Gasteiger partial charge is 0.472 e. The predicted octanol–water partition coefficient (Wildman–Crippen LogP) is 7.04. The molecule has 0 spiro atoms. The Balaban J connectivity index is 1.89. The van der Waals surface area contributed by atoms with Crippen molar-refractivity contribution in [2.45, 2.75) is 0 Å². The van der Waals surface area contributed by atoms with E-state index in [0.717, 1.165) is 37.3 Å². The zero-order valence-electron chi connectivity index (χ0n) is 12.4. The average molecular weight is 372 g/mol. The first-order valence-corrected chi connectivity index (χ1v) is 8.82. The van der Waals surface area contributed by atoms with Gasteiger partial charge in [0, 0.05) is 16.1 Å². The number of aromatic nitrogens is 1. The van der Waals surface area contributed by atoms with Gasteiger partial charge in [-0.1, -0.05) is 35.3 Å². The molecule has 0 saturated heterocycles. The third kappa shape index (κ3) is 3.11. The van der Waals surface area contributed by atoms with E-state index in [0.29, 0.717) is 5.02 Å². The van der Waals surface area contributed by atoms with E-state index in [4.69, 9.17) is 32.6 Å². The Labute approximate surface area is 153 Å². The van der Waals surface area contributed by atoms with Crippen LogP contribution in [0.3, 0.4) is 0 Å². The molecule has 0 radical (unpaired) electrons. The van der Waals surface area contributed by atoms with Gasteiger partial charge >= 0.3 is 0 Å². The lowest BCUT2D eigenvalue weighted by Crippen LogP contribution is -1.89. The normalized spacial score (nSPS) is 10.9. The number of nitrogens with zero attached hydrogens (tertiary/aromatic N) is 1. The number of furan rings is 1. The average Bonchev–Trinajstić information content (AvgIpc) is 3.27. The number of hydrogen-bond donors (Lipinski definition) is 0. The van der Waals surface area contributed by atoms with Gasteiger partial charge in [-0.15, -0.1) is 11.3 Å². The zero-order valence-corrected chi connectivity index (χ0v) is 14.7. The number of halogens is 2. The van der Waals surface area contributed by atoms with Crippen LogP contribution in [0.25, 0.3) is 33.0 Å². The predicted molar refractivity (Wildman–Crippen MR) is 101 cm³/mol. The summed E-state index contributed by atoms with van der Waals surface area (Å²) in [5, 5.41) is 0.704. The summed E-state index contributed by atoms with van der Waals surface area (Å²) in [5.41, 5.74) is 4.83. The van der Waals surface area contributed by atoms with Crippen molar-refractivity contribution in [3.8, 4) is 33.0 Å². The lowest BCUT2D eigenvalue weighted by molar-refractivity contribution is 0.568. The second kappa shape index (κ2) is 6.44. The van der Waals surface area contributed by atoms with Crippen LogP contribution < -0.4 is 0 Å². The highest BCUT2D eigenvalue weighted by atomic mass is 35.5. The van der Waals surface area contributed by atoms with Gasteiger partial charge in [-0.3, -0.25) is 0 Å². The van der Waals surface area contributed by atoms with E-state index >= 15 is 0 Å². The molecule has 0 amide bonds. The number of pyridine rings is 1. The van der Waals surface area contributed by atoms with Crippen molar-refractivity contribution in [3.05, 3.63) is 76.5 Å². The van der Waals surface area contributed by atoms with Gasteiger partial charge < -0.3 is 4.42 Å². The van der Waals surface area contributed by atoms with Gasteiger partial charge in [0.25, 0.3) is 0 Å². The standard InChI is InChI=1S/C19H11Cl2NOS/c20-15-3-1-12(2-4-15)16-9-14(13-7-8-23-11-13)10-17(22-16)18-5-6-19(21)24-18/h1-11H. The molecule has 5 heteroatoms. The van der Waals surface area contributed by atoms with Crippen LogP contribution in [0, 0.1) is 0 Å². The molecule has 0 aliphatic heterocycles. The summed E-state index contributed by atoms with van der Waals surface area (Å²) in [4.78, 5) is 5.83. The monoisotopic (exact) mass is 371 g/mol. The van der Waals surface area contributed by atoms with E-state index in [1.54, 1.807) is 12.5 Å². The highest BCUT2D eigenvalue weighted by Crippen LogP contribution is 2.35. The Morgan fingerprint density at radius 1 is 0.792 bits per heavy atom. The molecule has 0 aliphatic rings. The molecule has 3 heterocycles. The molecule has 0 unspecified atom stereocenters. The van der Waals surface area contributed by atoms with Gasteiger partial charge in [-0.05, 0) is 48.0 Å². The molecule has 0 saturated carbocycles. The molecule has 0 aliphatic carbocycles. The number of rotatable bonds is 3. The molecule has 4 aromatic rings. The van der Waals surface area contributed by atoms with Gasteiger partial charge in [0.2, 0.25) is 0 Å². The Morgan fingerprint density at radius 2 is 1.58 bits per heavy atom. The lowest BCUT2D eigenvalue weighted by atomic mass is 10.0. The van der Waals surface area contributed by atoms with Crippen LogP contribution in [0.5, 0.6) is 0 Å². The minimum Gasteiger partial charge on any atom is -0.472 e. The van der Waals surface area contributed by atoms with Crippen molar-refractivity contribution in [1.29, 1.82) is 0 Å². The fraction of sp³-hybridized carbons (Fsp3) is 0. The van der Waals surface area contributed by atoms with E-state index in [1.807, 2.05) is 54.6 Å². The maximum absolute atomic E-state index is 6.08. The first-order chi connectivity index (χ1) is 11.7. The molecule has 2 nitrogen and oxygen atoms in total. The Bertz CT molecular complexity index is 975. The van der Waals surface area contributed by atoms with Crippen molar-refractivity contribution in [3.63, 3.8) is 0 Å². The summed E-state index contributed by atoms with van der Waals surface area (Å²) < 4.78 is 5.97. The minimum absolute atomic E-state index is 0.704. The SMILES string of the molecule is Clc1ccc(-c2cc(-c3ccoc3)cc(-c3ccc(Cl)s3)n2)cc1. The molecule has 0 fully saturated rings. The highest BCUT2D eigenvalue weighted by Gasteiger charge is 2.11. The van der Waals surface area contributed by atoms with Crippen molar-refractivity contribution >= 4 is 34.5 Å². The molecule has 3 aromatic heterocycles. The van der Waals surface area contributed by atoms with Crippen LogP contribution >= 0.6 is 34.5 Å². The van der Waals surface area contributed by atoms with Gasteiger partial charge in [-0.2, -0.15) is 0 Å². The molecule has 24 heavy (non-hydrogen) atoms. The molecule has 0 bridgehead atoms. The lowest BCUT2D eigenvalue weighted by Gasteiger charge is -2.08. The van der Waals surface area contributed by atoms with Crippen LogP contribution in [-0.4, -0.2) is 4.98 Å². The van der Waals surface area contributed by atoms with E-state index in [9.17, 15) is 0 Å². The van der Waals surface area contributed by atoms with Crippen LogP contribution in [0.15, 0.2) is 71.5 Å². The minimum atomic E-state index is 0.704. The number of hydrogen-bond acceptors (Lipinski definition) is 3. The molecular weight excluding hydrogens is 361 g/mol. The topological polar surface area (TPSA) is 26.0 Å². The molecular formula is C19H11Cl2NOS. The van der Waals surface area contributed by atoms with E-state index in [2.05, 4.69) is 0 Å². The van der Waals surface area contributed by atoms with Crippen molar-refractivity contribution in [2.75, 3.05) is 0 Å². The molecule has 118 valence electrons. The van der Waals surface area contributed by atoms with Crippen molar-refractivity contribution in [2.24, 2.45) is 0 Å². The summed E-state index contributed by atoms with van der Waals surface area (Å²) in [6, 6.07) is 17.6. The van der Waals surface area contributed by atoms with Crippen molar-refractivity contribution in [1.82, 2.24) is 4.98 Å². The Morgan fingerprint density at radius 3 is 2.25 bits per heavy atom. The summed E-state index contributed by atoms with van der Waals surface area (Å²) in [6.07, 6.45) is 3.39. The van der Waals surface area contributed by atoms with Crippen LogP contribution in [0.4, 0.5) is 0 Å². The van der Waals surface area contributed by atoms with E-state index < -0.39 is 0 Å². The second-order valence-electron chi connectivity index (χ2n) is 5.25. The van der Waals surface area contributed by atoms with E-state index in [1.165, 1.54) is 11.3 Å². The summed E-state index contributed by atoms with van der Waals surface area (Å²) in [6.45, 7) is 0. The van der Waals surface area contributed by atoms with Gasteiger partial charge in [0.15, 0.2) is 0 Å². The number of thiophene rings is 1. The van der Waals surface area contributed by atoms with E-state index in [-0.39, 0.29) is 0 Å². The van der Waals surface area contributed by atoms with Crippen LogP contribution in [0.2, 0.25) is 9.36 Å². The fourth-order valence-corrected chi connectivity index (χ4v) is 3.60. The third-order valence-electron chi connectivity index (χ3n) is 3.65. The van der Waals surface area contributed by atoms with Gasteiger partial charge in [0.1, 0.15) is 0 Å². The quantitative estimate of drug-likeness (QED) is 0.385. The summed E-state index contributed by atoms with van der Waals surface area (Å²) >= 11 is 13.6. The molecule has 0 N–H and O–H groups in total. The Hall–Kier alpha value is -2.07. The van der Waals surface area contributed by atoms with Crippen LogP contribution in [-0.2, 0) is 0 Å². The molecule has 1 aromatic carbocycles. The highest BCUT2D eigenvalue weighted by molar-refractivity contribution is 7.19. The summed E-state index contributed by atoms with van der Waals surface area (Å²) in [5.74, 6) is 0. The van der Waals surface area contributed by atoms with Crippen molar-refractivity contribution < 1.29 is 4.42 Å². The maximum Gasteiger partial charge on any atom is 0.0980 e.